The van der Waals surface area contributed by atoms with Gasteiger partial charge >= 0.3 is 0 Å². The summed E-state index contributed by atoms with van der Waals surface area (Å²) in [5.74, 6) is 0.726. The van der Waals surface area contributed by atoms with Crippen LogP contribution in [-0.2, 0) is 6.54 Å². The van der Waals surface area contributed by atoms with Gasteiger partial charge in [-0.1, -0.05) is 6.07 Å². The minimum Gasteiger partial charge on any atom is -0.504 e. The summed E-state index contributed by atoms with van der Waals surface area (Å²) >= 11 is 0. The van der Waals surface area contributed by atoms with Crippen molar-refractivity contribution < 1.29 is 9.84 Å². The molecule has 1 saturated heterocycles. The van der Waals surface area contributed by atoms with E-state index in [1.54, 1.807) is 19.2 Å². The fraction of sp³-hybridized carbons (Fsp3) is 0.600. The number of benzene rings is 1. The van der Waals surface area contributed by atoms with Crippen molar-refractivity contribution in [2.24, 2.45) is 0 Å². The molecule has 0 amide bonds. The third-order valence-electron chi connectivity index (χ3n) is 3.78. The Morgan fingerprint density at radius 2 is 2.11 bits per heavy atom. The monoisotopic (exact) mass is 264 g/mol. The molecule has 1 heterocycles. The number of phenolic OH excluding ortho intramolecular Hbond substituents is 1. The number of hydrogen-bond donors (Lipinski definition) is 2. The Hall–Kier alpha value is -1.26. The van der Waals surface area contributed by atoms with Crippen molar-refractivity contribution in [1.82, 2.24) is 10.2 Å². The Kier molecular flexibility index (Phi) is 5.05. The van der Waals surface area contributed by atoms with Crippen molar-refractivity contribution >= 4 is 0 Å². The average molecular weight is 264 g/mol. The van der Waals surface area contributed by atoms with Crippen molar-refractivity contribution in [1.29, 1.82) is 0 Å². The molecule has 19 heavy (non-hydrogen) atoms. The highest BCUT2D eigenvalue weighted by Crippen LogP contribution is 2.26. The number of aromatic hydroxyl groups is 1. The number of rotatable bonds is 6. The fourth-order valence-electron chi connectivity index (χ4n) is 2.58. The van der Waals surface area contributed by atoms with Gasteiger partial charge in [0.2, 0.25) is 0 Å². The normalized spacial score (nSPS) is 17.6. The van der Waals surface area contributed by atoms with Crippen molar-refractivity contribution in [2.75, 3.05) is 26.7 Å². The molecule has 2 rings (SSSR count). The van der Waals surface area contributed by atoms with E-state index in [1.807, 2.05) is 6.07 Å². The third kappa shape index (κ3) is 3.85. The van der Waals surface area contributed by atoms with Gasteiger partial charge in [-0.25, -0.2) is 0 Å². The zero-order valence-corrected chi connectivity index (χ0v) is 11.9. The maximum atomic E-state index is 9.71. The maximum Gasteiger partial charge on any atom is 0.160 e. The zero-order chi connectivity index (χ0) is 13.7. The van der Waals surface area contributed by atoms with Gasteiger partial charge in [0.1, 0.15) is 0 Å². The summed E-state index contributed by atoms with van der Waals surface area (Å²) in [6.07, 6.45) is 2.66. The molecule has 1 aromatic rings. The van der Waals surface area contributed by atoms with Crippen LogP contribution in [0.4, 0.5) is 0 Å². The van der Waals surface area contributed by atoms with Crippen molar-refractivity contribution in [3.63, 3.8) is 0 Å². The molecule has 1 aliphatic rings. The predicted molar refractivity (Wildman–Crippen MR) is 76.6 cm³/mol. The molecule has 1 unspecified atom stereocenters. The molecule has 1 fully saturated rings. The lowest BCUT2D eigenvalue weighted by Gasteiger charge is -2.24. The van der Waals surface area contributed by atoms with Crippen molar-refractivity contribution in [3.8, 4) is 11.5 Å². The molecule has 1 aliphatic heterocycles. The molecule has 0 spiro atoms. The van der Waals surface area contributed by atoms with E-state index in [1.165, 1.54) is 25.9 Å². The Bertz CT molecular complexity index is 403. The molecule has 0 bridgehead atoms. The first-order valence-corrected chi connectivity index (χ1v) is 7.01. The molecule has 0 aliphatic carbocycles. The number of ether oxygens (including phenoxy) is 1. The van der Waals surface area contributed by atoms with Crippen LogP contribution in [0.2, 0.25) is 0 Å². The number of methoxy groups -OCH3 is 1. The Morgan fingerprint density at radius 1 is 1.37 bits per heavy atom. The second-order valence-electron chi connectivity index (χ2n) is 5.23. The van der Waals surface area contributed by atoms with E-state index >= 15 is 0 Å². The number of phenols is 1. The SMILES string of the molecule is COc1ccc(CNCC(C)N2CCCC2)cc1O. The summed E-state index contributed by atoms with van der Waals surface area (Å²) in [5.41, 5.74) is 1.08. The molecular weight excluding hydrogens is 240 g/mol. The van der Waals surface area contributed by atoms with Gasteiger partial charge < -0.3 is 15.2 Å². The molecule has 1 aromatic carbocycles. The molecule has 4 nitrogen and oxygen atoms in total. The smallest absolute Gasteiger partial charge is 0.160 e. The van der Waals surface area contributed by atoms with Gasteiger partial charge in [-0.15, -0.1) is 0 Å². The zero-order valence-electron chi connectivity index (χ0n) is 11.9. The van der Waals surface area contributed by atoms with E-state index in [9.17, 15) is 5.11 Å². The molecular formula is C15H24N2O2. The summed E-state index contributed by atoms with van der Waals surface area (Å²) in [4.78, 5) is 2.53. The molecule has 2 N–H and O–H groups in total. The minimum absolute atomic E-state index is 0.203. The second-order valence-corrected chi connectivity index (χ2v) is 5.23. The Balaban J connectivity index is 1.77. The summed E-state index contributed by atoms with van der Waals surface area (Å²) in [6, 6.07) is 6.11. The molecule has 0 saturated carbocycles. The predicted octanol–water partition coefficient (Wildman–Crippen LogP) is 1.97. The van der Waals surface area contributed by atoms with E-state index in [-0.39, 0.29) is 5.75 Å². The number of nitrogens with one attached hydrogen (secondary N) is 1. The first-order valence-electron chi connectivity index (χ1n) is 7.01. The van der Waals surface area contributed by atoms with E-state index in [4.69, 9.17) is 4.74 Å². The number of likely N-dealkylation sites (tertiary alicyclic amines) is 1. The fourth-order valence-corrected chi connectivity index (χ4v) is 2.58. The topological polar surface area (TPSA) is 44.7 Å². The summed E-state index contributed by atoms with van der Waals surface area (Å²) in [5, 5.41) is 13.2. The van der Waals surface area contributed by atoms with Gasteiger partial charge in [0.05, 0.1) is 7.11 Å². The molecule has 4 heteroatoms. The number of nitrogens with zero attached hydrogens (tertiary/aromatic N) is 1. The molecule has 106 valence electrons. The maximum absolute atomic E-state index is 9.71. The highest BCUT2D eigenvalue weighted by molar-refractivity contribution is 5.41. The molecule has 0 radical (unpaired) electrons. The van der Waals surface area contributed by atoms with Crippen LogP contribution in [-0.4, -0.2) is 42.8 Å². The van der Waals surface area contributed by atoms with Gasteiger partial charge in [-0.05, 0) is 50.6 Å². The summed E-state index contributed by atoms with van der Waals surface area (Å²) in [6.45, 7) is 6.48. The van der Waals surface area contributed by atoms with E-state index in [0.29, 0.717) is 11.8 Å². The second kappa shape index (κ2) is 6.78. The Labute approximate surface area is 115 Å². The quantitative estimate of drug-likeness (QED) is 0.824. The van der Waals surface area contributed by atoms with Crippen molar-refractivity contribution in [3.05, 3.63) is 23.8 Å². The van der Waals surface area contributed by atoms with Crippen molar-refractivity contribution in [2.45, 2.75) is 32.4 Å². The van der Waals surface area contributed by atoms with Gasteiger partial charge in [0.25, 0.3) is 0 Å². The lowest BCUT2D eigenvalue weighted by atomic mass is 10.2. The van der Waals surface area contributed by atoms with Crippen LogP contribution in [0.3, 0.4) is 0 Å². The summed E-state index contributed by atoms with van der Waals surface area (Å²) in [7, 11) is 1.56. The highest BCUT2D eigenvalue weighted by Gasteiger charge is 2.17. The van der Waals surface area contributed by atoms with Crippen LogP contribution in [0.25, 0.3) is 0 Å². The van der Waals surface area contributed by atoms with E-state index in [2.05, 4.69) is 17.1 Å². The van der Waals surface area contributed by atoms with Gasteiger partial charge in [-0.2, -0.15) is 0 Å². The lowest BCUT2D eigenvalue weighted by Crippen LogP contribution is -2.38. The van der Waals surface area contributed by atoms with Gasteiger partial charge in [0.15, 0.2) is 11.5 Å². The average Bonchev–Trinajstić information content (AvgIpc) is 2.93. The minimum atomic E-state index is 0.203. The standard InChI is InChI=1S/C15H24N2O2/c1-12(17-7-3-4-8-17)10-16-11-13-5-6-15(19-2)14(18)9-13/h5-6,9,12,16,18H,3-4,7-8,10-11H2,1-2H3. The summed E-state index contributed by atoms with van der Waals surface area (Å²) < 4.78 is 5.03. The van der Waals surface area contributed by atoms with Crippen LogP contribution < -0.4 is 10.1 Å². The third-order valence-corrected chi connectivity index (χ3v) is 3.78. The first kappa shape index (κ1) is 14.2. The van der Waals surface area contributed by atoms with Gasteiger partial charge in [0, 0.05) is 19.1 Å². The van der Waals surface area contributed by atoms with Crippen LogP contribution >= 0.6 is 0 Å². The first-order chi connectivity index (χ1) is 9.20. The van der Waals surface area contributed by atoms with Crippen LogP contribution in [0, 0.1) is 0 Å². The number of hydrogen-bond acceptors (Lipinski definition) is 4. The van der Waals surface area contributed by atoms with Crippen LogP contribution in [0.15, 0.2) is 18.2 Å². The highest BCUT2D eigenvalue weighted by atomic mass is 16.5. The van der Waals surface area contributed by atoms with Gasteiger partial charge in [-0.3, -0.25) is 4.90 Å². The van der Waals surface area contributed by atoms with E-state index < -0.39 is 0 Å². The van der Waals surface area contributed by atoms with Crippen LogP contribution in [0.5, 0.6) is 11.5 Å². The lowest BCUT2D eigenvalue weighted by molar-refractivity contribution is 0.251. The molecule has 1 atom stereocenters. The Morgan fingerprint density at radius 3 is 2.74 bits per heavy atom. The van der Waals surface area contributed by atoms with Crippen LogP contribution in [0.1, 0.15) is 25.3 Å². The molecule has 0 aromatic heterocycles. The largest absolute Gasteiger partial charge is 0.504 e. The van der Waals surface area contributed by atoms with E-state index in [0.717, 1.165) is 18.7 Å².